The molecule has 0 aliphatic heterocycles. The van der Waals surface area contributed by atoms with E-state index in [2.05, 4.69) is 5.16 Å². The molecule has 0 unspecified atom stereocenters. The Labute approximate surface area is 144 Å². The highest BCUT2D eigenvalue weighted by molar-refractivity contribution is 7.96. The predicted octanol–water partition coefficient (Wildman–Crippen LogP) is 2.83. The summed E-state index contributed by atoms with van der Waals surface area (Å²) in [6, 6.07) is 11.0. The van der Waals surface area contributed by atoms with Gasteiger partial charge in [0.25, 0.3) is 0 Å². The first kappa shape index (κ1) is 18.0. The lowest BCUT2D eigenvalue weighted by atomic mass is 9.99. The van der Waals surface area contributed by atoms with Crippen molar-refractivity contribution in [2.24, 2.45) is 5.16 Å². The van der Waals surface area contributed by atoms with Crippen molar-refractivity contribution in [3.05, 3.63) is 42.0 Å². The van der Waals surface area contributed by atoms with Crippen LogP contribution in [0.3, 0.4) is 0 Å². The van der Waals surface area contributed by atoms with Crippen LogP contribution in [0.1, 0.15) is 17.3 Å². The zero-order valence-electron chi connectivity index (χ0n) is 14.2. The molecule has 0 spiro atoms. The largest absolute Gasteiger partial charge is 0.496 e. The number of fused-ring (bicyclic) bond motifs is 1. The van der Waals surface area contributed by atoms with Gasteiger partial charge < -0.3 is 9.57 Å². The highest BCUT2D eigenvalue weighted by Crippen LogP contribution is 2.28. The summed E-state index contributed by atoms with van der Waals surface area (Å²) in [6.45, 7) is 1.26. The molecule has 0 aliphatic rings. The molecular formula is C18H20NO4S+. The van der Waals surface area contributed by atoms with E-state index in [0.717, 1.165) is 10.8 Å². The molecule has 0 heterocycles. The Balaban J connectivity index is 2.52. The first-order valence-corrected chi connectivity index (χ1v) is 9.54. The SMILES string of the molecule is COc1ccc(C(=O)C(C[S+](C)C)=NOC(C)=O)c2ccccc12. The van der Waals surface area contributed by atoms with Crippen molar-refractivity contribution >= 4 is 39.1 Å². The number of nitrogens with zero attached hydrogens (tertiary/aromatic N) is 1. The second kappa shape index (κ2) is 7.97. The highest BCUT2D eigenvalue weighted by atomic mass is 32.2. The van der Waals surface area contributed by atoms with Gasteiger partial charge in [0.15, 0.2) is 11.5 Å². The van der Waals surface area contributed by atoms with Crippen LogP contribution in [0, 0.1) is 0 Å². The lowest BCUT2D eigenvalue weighted by Gasteiger charge is -2.10. The van der Waals surface area contributed by atoms with Gasteiger partial charge in [-0.2, -0.15) is 0 Å². The average Bonchev–Trinajstić information content (AvgIpc) is 2.56. The maximum absolute atomic E-state index is 12.9. The van der Waals surface area contributed by atoms with Crippen LogP contribution in [-0.4, -0.2) is 42.8 Å². The first-order chi connectivity index (χ1) is 11.4. The van der Waals surface area contributed by atoms with Gasteiger partial charge in [0, 0.05) is 17.9 Å². The van der Waals surface area contributed by atoms with E-state index in [0.29, 0.717) is 17.1 Å². The Hall–Kier alpha value is -2.34. The number of carbonyl (C=O) groups excluding carboxylic acids is 2. The summed E-state index contributed by atoms with van der Waals surface area (Å²) in [5.74, 6) is 0.363. The van der Waals surface area contributed by atoms with Crippen LogP contribution in [-0.2, 0) is 20.5 Å². The van der Waals surface area contributed by atoms with Gasteiger partial charge in [-0.25, -0.2) is 4.79 Å². The second-order valence-corrected chi connectivity index (χ2v) is 7.70. The van der Waals surface area contributed by atoms with Gasteiger partial charge in [-0.05, 0) is 28.4 Å². The maximum Gasteiger partial charge on any atom is 0.331 e. The summed E-state index contributed by atoms with van der Waals surface area (Å²) in [4.78, 5) is 28.7. The maximum atomic E-state index is 12.9. The minimum Gasteiger partial charge on any atom is -0.496 e. The predicted molar refractivity (Wildman–Crippen MR) is 98.1 cm³/mol. The monoisotopic (exact) mass is 346 g/mol. The molecule has 126 valence electrons. The highest BCUT2D eigenvalue weighted by Gasteiger charge is 2.23. The van der Waals surface area contributed by atoms with E-state index in [1.54, 1.807) is 19.2 Å². The molecule has 0 atom stereocenters. The number of benzene rings is 2. The van der Waals surface area contributed by atoms with Crippen LogP contribution in [0.5, 0.6) is 5.75 Å². The lowest BCUT2D eigenvalue weighted by Crippen LogP contribution is -2.24. The molecule has 2 rings (SSSR count). The number of ether oxygens (including phenoxy) is 1. The summed E-state index contributed by atoms with van der Waals surface area (Å²) < 4.78 is 5.36. The van der Waals surface area contributed by atoms with E-state index >= 15 is 0 Å². The van der Waals surface area contributed by atoms with E-state index in [-0.39, 0.29) is 22.4 Å². The standard InChI is InChI=1S/C18H20NO4S/c1-12(20)23-19-16(11-24(3)4)18(21)15-9-10-17(22-2)14-8-6-5-7-13(14)15/h5-10H,11H2,1-4H3/q+1. The molecular weight excluding hydrogens is 326 g/mol. The van der Waals surface area contributed by atoms with Gasteiger partial charge in [0.05, 0.1) is 19.6 Å². The van der Waals surface area contributed by atoms with Crippen molar-refractivity contribution in [3.63, 3.8) is 0 Å². The van der Waals surface area contributed by atoms with Gasteiger partial charge >= 0.3 is 5.97 Å². The van der Waals surface area contributed by atoms with Gasteiger partial charge in [-0.1, -0.05) is 29.4 Å². The smallest absolute Gasteiger partial charge is 0.331 e. The Morgan fingerprint density at radius 1 is 1.08 bits per heavy atom. The van der Waals surface area contributed by atoms with Gasteiger partial charge in [-0.3, -0.25) is 4.79 Å². The number of rotatable bonds is 6. The van der Waals surface area contributed by atoms with Crippen LogP contribution < -0.4 is 4.74 Å². The first-order valence-electron chi connectivity index (χ1n) is 7.33. The van der Waals surface area contributed by atoms with Gasteiger partial charge in [0.2, 0.25) is 5.78 Å². The molecule has 0 saturated carbocycles. The third-order valence-corrected chi connectivity index (χ3v) is 4.17. The normalized spacial score (nSPS) is 11.6. The summed E-state index contributed by atoms with van der Waals surface area (Å²) in [6.07, 6.45) is 4.01. The summed E-state index contributed by atoms with van der Waals surface area (Å²) in [5, 5.41) is 5.42. The fourth-order valence-electron chi connectivity index (χ4n) is 2.33. The topological polar surface area (TPSA) is 65.0 Å². The number of ketones is 1. The fraction of sp³-hybridized carbons (Fsp3) is 0.278. The minimum atomic E-state index is -0.549. The number of oxime groups is 1. The van der Waals surface area contributed by atoms with Crippen molar-refractivity contribution in [1.82, 2.24) is 0 Å². The van der Waals surface area contributed by atoms with Crippen LogP contribution in [0.15, 0.2) is 41.6 Å². The summed E-state index contributed by atoms with van der Waals surface area (Å²) in [5.41, 5.74) is 0.761. The molecule has 5 nitrogen and oxygen atoms in total. The molecule has 0 bridgehead atoms. The molecule has 2 aromatic rings. The van der Waals surface area contributed by atoms with Gasteiger partial charge in [0.1, 0.15) is 5.75 Å². The molecule has 2 aromatic carbocycles. The van der Waals surface area contributed by atoms with Crippen molar-refractivity contribution in [2.45, 2.75) is 6.92 Å². The van der Waals surface area contributed by atoms with Crippen LogP contribution >= 0.6 is 0 Å². The number of hydrogen-bond acceptors (Lipinski definition) is 5. The minimum absolute atomic E-state index is 0.0620. The van der Waals surface area contributed by atoms with E-state index in [9.17, 15) is 9.59 Å². The third kappa shape index (κ3) is 4.14. The molecule has 6 heteroatoms. The Morgan fingerprint density at radius 3 is 2.33 bits per heavy atom. The number of Topliss-reactive ketones (excluding diaryl/α,β-unsaturated/α-hetero) is 1. The summed E-state index contributed by atoms with van der Waals surface area (Å²) in [7, 11) is 1.53. The van der Waals surface area contributed by atoms with Crippen molar-refractivity contribution < 1.29 is 19.2 Å². The van der Waals surface area contributed by atoms with E-state index in [1.165, 1.54) is 6.92 Å². The average molecular weight is 346 g/mol. The Bertz CT molecular complexity index is 799. The molecule has 0 radical (unpaired) electrons. The van der Waals surface area contributed by atoms with Crippen LogP contribution in [0.2, 0.25) is 0 Å². The molecule has 0 saturated heterocycles. The van der Waals surface area contributed by atoms with Crippen LogP contribution in [0.25, 0.3) is 10.8 Å². The van der Waals surface area contributed by atoms with Crippen molar-refractivity contribution in [2.75, 3.05) is 25.4 Å². The van der Waals surface area contributed by atoms with Gasteiger partial charge in [-0.15, -0.1) is 0 Å². The quantitative estimate of drug-likeness (QED) is 0.265. The molecule has 0 fully saturated rings. The lowest BCUT2D eigenvalue weighted by molar-refractivity contribution is -0.140. The fourth-order valence-corrected chi connectivity index (χ4v) is 3.06. The van der Waals surface area contributed by atoms with Crippen molar-refractivity contribution in [3.8, 4) is 5.75 Å². The zero-order chi connectivity index (χ0) is 17.7. The van der Waals surface area contributed by atoms with Crippen LogP contribution in [0.4, 0.5) is 0 Å². The van der Waals surface area contributed by atoms with E-state index < -0.39 is 5.97 Å². The summed E-state index contributed by atoms with van der Waals surface area (Å²) >= 11 is 0. The molecule has 0 N–H and O–H groups in total. The van der Waals surface area contributed by atoms with E-state index in [4.69, 9.17) is 9.57 Å². The number of hydrogen-bond donors (Lipinski definition) is 0. The van der Waals surface area contributed by atoms with Crippen molar-refractivity contribution in [1.29, 1.82) is 0 Å². The Morgan fingerprint density at radius 2 is 1.75 bits per heavy atom. The van der Waals surface area contributed by atoms with E-state index in [1.807, 2.05) is 36.8 Å². The Kier molecular flexibility index (Phi) is 5.98. The zero-order valence-corrected chi connectivity index (χ0v) is 15.0. The molecule has 0 aliphatic carbocycles. The second-order valence-electron chi connectivity index (χ2n) is 5.44. The number of methoxy groups -OCH3 is 1. The molecule has 24 heavy (non-hydrogen) atoms. The molecule has 0 amide bonds. The third-order valence-electron chi connectivity index (χ3n) is 3.32. The number of carbonyl (C=O) groups is 2. The molecule has 0 aromatic heterocycles.